The predicted octanol–water partition coefficient (Wildman–Crippen LogP) is 2.34. The molecule has 0 spiro atoms. The van der Waals surface area contributed by atoms with Crippen LogP contribution >= 0.6 is 27.2 Å². The molecule has 0 aromatic rings. The average molecular weight is 188 g/mol. The van der Waals surface area contributed by atoms with E-state index in [2.05, 4.69) is 0 Å². The van der Waals surface area contributed by atoms with E-state index in [1.165, 1.54) is 0 Å². The van der Waals surface area contributed by atoms with Gasteiger partial charge in [-0.2, -0.15) is 0 Å². The molecule has 0 radical (unpaired) electrons. The van der Waals surface area contributed by atoms with Crippen LogP contribution < -0.4 is 0 Å². The van der Waals surface area contributed by atoms with Crippen LogP contribution in [0.1, 0.15) is 0 Å². The maximum atomic E-state index is 6.30. The van der Waals surface area contributed by atoms with Gasteiger partial charge < -0.3 is 0 Å². The van der Waals surface area contributed by atoms with Gasteiger partial charge in [0.15, 0.2) is 0 Å². The summed E-state index contributed by atoms with van der Waals surface area (Å²) in [6, 6.07) is 0. The van der Waals surface area contributed by atoms with E-state index in [9.17, 15) is 0 Å². The van der Waals surface area contributed by atoms with E-state index in [4.69, 9.17) is 10.3 Å². The average Bonchev–Trinajstić information content (AvgIpc) is 0.811. The zero-order valence-corrected chi connectivity index (χ0v) is 4.88. The summed E-state index contributed by atoms with van der Waals surface area (Å²) in [6.45, 7) is 0. The van der Waals surface area contributed by atoms with Crippen LogP contribution in [0.25, 0.3) is 0 Å². The lowest BCUT2D eigenvalue weighted by atomic mass is 13.9. The van der Waals surface area contributed by atoms with Gasteiger partial charge in [-0.15, -0.1) is 0 Å². The Kier molecular flexibility index (Phi) is 2.21. The van der Waals surface area contributed by atoms with E-state index in [0.29, 0.717) is 0 Å². The Balaban J connectivity index is 3.51. The number of halogens is 1. The van der Waals surface area contributed by atoms with Crippen LogP contribution in [0.4, 0.5) is 0 Å². The quantitative estimate of drug-likeness (QED) is 0.432. The first-order chi connectivity index (χ1) is 1.73. The van der Waals surface area contributed by atoms with E-state index < -0.39 is 5.15 Å². The lowest BCUT2D eigenvalue weighted by molar-refractivity contribution is 1.57. The van der Waals surface area contributed by atoms with Crippen molar-refractivity contribution in [2.75, 3.05) is 0 Å². The monoisotopic (exact) mass is 188 g/mol. The van der Waals surface area contributed by atoms with Crippen molar-refractivity contribution in [1.82, 2.24) is 0 Å². The molecule has 0 heterocycles. The van der Waals surface area contributed by atoms with Gasteiger partial charge in [0.2, 0.25) is 0 Å². The van der Waals surface area contributed by atoms with Gasteiger partial charge in [-0.25, -0.2) is 0 Å². The number of hydrogen-bond donors (Lipinski definition) is 2. The summed E-state index contributed by atoms with van der Waals surface area (Å²) in [5, 5.41) is 11.5. The summed E-state index contributed by atoms with van der Waals surface area (Å²) in [5.74, 6) is 0. The van der Waals surface area contributed by atoms with Gasteiger partial charge >= 0.3 is 0 Å². The first-order valence-electron chi connectivity index (χ1n) is 0.616. The van der Waals surface area contributed by atoms with Gasteiger partial charge in [0.05, 0.1) is 0 Å². The number of nitrogens with one attached hydrogen (secondary N) is 2. The van der Waals surface area contributed by atoms with Crippen molar-refractivity contribution in [2.24, 2.45) is 0 Å². The van der Waals surface area contributed by atoms with Gasteiger partial charge in [0, 0.05) is 22.0 Å². The molecule has 0 amide bonds. The van der Waals surface area contributed by atoms with Crippen molar-refractivity contribution in [3.8, 4) is 0 Å². The molecule has 24 valence electrons. The van der Waals surface area contributed by atoms with Crippen LogP contribution in [0.2, 0.25) is 0 Å². The van der Waals surface area contributed by atoms with E-state index in [1.54, 1.807) is 22.0 Å². The molecule has 0 aromatic heterocycles. The minimum Gasteiger partial charge on any atom is -0.264 e. The lowest BCUT2D eigenvalue weighted by Gasteiger charge is -1.43. The molecule has 0 rings (SSSR count). The van der Waals surface area contributed by atoms with Gasteiger partial charge in [-0.3, -0.25) is 10.3 Å². The summed E-state index contributed by atoms with van der Waals surface area (Å²) in [4.78, 5) is 0. The molecular weight excluding hydrogens is 186 g/mol. The second-order valence-electron chi connectivity index (χ2n) is 0.281. The fraction of sp³-hybridized carbons (Fsp3) is 0. The summed E-state index contributed by atoms with van der Waals surface area (Å²) >= 11 is 1.74. The Morgan fingerprint density at radius 3 is 1.50 bits per heavy atom. The molecule has 0 saturated carbocycles. The van der Waals surface area contributed by atoms with Crippen molar-refractivity contribution < 1.29 is 0 Å². The Morgan fingerprint density at radius 2 is 1.50 bits per heavy atom. The fourth-order valence-corrected chi connectivity index (χ4v) is 0. The molecule has 4 heavy (non-hydrogen) atoms. The van der Waals surface area contributed by atoms with Crippen molar-refractivity contribution in [2.45, 2.75) is 0 Å². The molecule has 0 aromatic carbocycles. The minimum atomic E-state index is -1.15. The summed E-state index contributed by atoms with van der Waals surface area (Å²) in [6.07, 6.45) is 0. The predicted molar refractivity (Wildman–Crippen MR) is 26.4 cm³/mol. The zero-order chi connectivity index (χ0) is 3.58. The van der Waals surface area contributed by atoms with Crippen LogP contribution in [-0.4, -0.2) is 0 Å². The molecule has 0 aliphatic carbocycles. The Morgan fingerprint density at radius 1 is 1.50 bits per heavy atom. The normalized spacial score (nSPS) is 10.8. The van der Waals surface area contributed by atoms with Crippen LogP contribution in [-0.2, 0) is 0 Å². The zero-order valence-electron chi connectivity index (χ0n) is 1.83. The molecule has 0 atom stereocenters. The highest BCUT2D eigenvalue weighted by Gasteiger charge is 1.42. The number of rotatable bonds is 0. The Hall–Kier alpha value is 0.630. The van der Waals surface area contributed by atoms with Crippen LogP contribution in [0.15, 0.2) is 0 Å². The third-order valence-electron chi connectivity index (χ3n) is 0. The van der Waals surface area contributed by atoms with Crippen molar-refractivity contribution >= 4 is 27.2 Å². The van der Waals surface area contributed by atoms with Gasteiger partial charge in [-0.1, -0.05) is 0 Å². The largest absolute Gasteiger partial charge is 0.264 e. The van der Waals surface area contributed by atoms with E-state index >= 15 is 0 Å². The molecule has 0 fully saturated rings. The first-order valence-corrected chi connectivity index (χ1v) is 4.74. The molecule has 0 saturated heterocycles. The van der Waals surface area contributed by atoms with Gasteiger partial charge in [-0.05, 0) is 0 Å². The van der Waals surface area contributed by atoms with Crippen molar-refractivity contribution in [3.63, 3.8) is 0 Å². The Labute approximate surface area is 37.9 Å². The highest BCUT2D eigenvalue weighted by molar-refractivity contribution is 14.2. The van der Waals surface area contributed by atoms with E-state index in [1.807, 2.05) is 0 Å². The lowest BCUT2D eigenvalue weighted by Crippen LogP contribution is -0.823. The molecule has 0 bridgehead atoms. The van der Waals surface area contributed by atoms with Crippen LogP contribution in [0, 0.1) is 10.3 Å². The van der Waals surface area contributed by atoms with Crippen LogP contribution in [0.5, 0.6) is 0 Å². The van der Waals surface area contributed by atoms with Gasteiger partial charge in [0.1, 0.15) is 5.15 Å². The maximum Gasteiger partial charge on any atom is 0.117 e. The Bertz CT molecular complexity index is 54.4. The number of hydrogen-bond acceptors (Lipinski definition) is 2. The summed E-state index contributed by atoms with van der Waals surface area (Å²) in [7, 11) is 0. The van der Waals surface area contributed by atoms with E-state index in [-0.39, 0.29) is 0 Å². The third kappa shape index (κ3) is 17.6. The second kappa shape index (κ2) is 1.91. The maximum absolute atomic E-state index is 6.30. The molecular formula is H2IN2P. The topological polar surface area (TPSA) is 47.7 Å². The molecule has 0 aliphatic rings. The second-order valence-corrected chi connectivity index (χ2v) is 3.74. The molecule has 2 N–H and O–H groups in total. The minimum absolute atomic E-state index is 1.15. The van der Waals surface area contributed by atoms with Gasteiger partial charge in [0.25, 0.3) is 0 Å². The third-order valence-corrected chi connectivity index (χ3v) is 0. The van der Waals surface area contributed by atoms with Crippen LogP contribution in [0.3, 0.4) is 0 Å². The highest BCUT2D eigenvalue weighted by atomic mass is 127. The molecule has 0 aliphatic heterocycles. The highest BCUT2D eigenvalue weighted by Crippen LogP contribution is 2.14. The first kappa shape index (κ1) is 4.63. The molecule has 4 heteroatoms. The van der Waals surface area contributed by atoms with Crippen molar-refractivity contribution in [3.05, 3.63) is 0 Å². The standard InChI is InChI=1S/H2IN2P/c1-4(2)3/h2-3H. The SMILES string of the molecule is N=P(=N)I. The molecule has 2 nitrogen and oxygen atoms in total. The summed E-state index contributed by atoms with van der Waals surface area (Å²) in [5.41, 5.74) is 0. The smallest absolute Gasteiger partial charge is 0.117 e. The fourth-order valence-electron chi connectivity index (χ4n) is 0. The molecule has 0 unspecified atom stereocenters. The van der Waals surface area contributed by atoms with E-state index in [0.717, 1.165) is 0 Å². The summed E-state index contributed by atoms with van der Waals surface area (Å²) < 4.78 is 0. The van der Waals surface area contributed by atoms with Crippen molar-refractivity contribution in [1.29, 1.82) is 10.3 Å².